The van der Waals surface area contributed by atoms with Gasteiger partial charge in [0.2, 0.25) is 11.8 Å². The maximum Gasteiger partial charge on any atom is 0.243 e. The lowest BCUT2D eigenvalue weighted by atomic mass is 10.1. The zero-order chi connectivity index (χ0) is 14.0. The Bertz CT molecular complexity index is 511. The summed E-state index contributed by atoms with van der Waals surface area (Å²) in [6.45, 7) is 0.000394. The van der Waals surface area contributed by atoms with Gasteiger partial charge in [-0.05, 0) is 24.1 Å². The molecule has 1 aliphatic rings. The quantitative estimate of drug-likeness (QED) is 0.637. The number of hydrogen-bond donors (Lipinski definition) is 2. The minimum Gasteiger partial charge on any atom is -0.302 e. The van der Waals surface area contributed by atoms with Crippen molar-refractivity contribution in [2.45, 2.75) is 25.4 Å². The number of carbonyl (C=O) groups excluding carboxylic acids is 2. The first kappa shape index (κ1) is 13.5. The summed E-state index contributed by atoms with van der Waals surface area (Å²) in [4.78, 5) is 22.3. The summed E-state index contributed by atoms with van der Waals surface area (Å²) >= 11 is 0. The standard InChI is InChI=1S/C12H11F3N2O2/c13-7-3-6(4-8(14)11(7)15)5-16-9-1-2-10(18)17-12(9)19/h3-4,9,16H,1-2,5H2,(H,17,18,19). The molecule has 7 heteroatoms. The number of benzene rings is 1. The van der Waals surface area contributed by atoms with Crippen LogP contribution in [0.4, 0.5) is 13.2 Å². The average Bonchev–Trinajstić information content (AvgIpc) is 2.34. The second-order valence-electron chi connectivity index (χ2n) is 4.26. The maximum absolute atomic E-state index is 13.0. The highest BCUT2D eigenvalue weighted by atomic mass is 19.2. The highest BCUT2D eigenvalue weighted by Crippen LogP contribution is 2.14. The van der Waals surface area contributed by atoms with Crippen LogP contribution < -0.4 is 10.6 Å². The Kier molecular flexibility index (Phi) is 3.84. The second kappa shape index (κ2) is 5.40. The molecule has 1 aromatic rings. The Labute approximate surface area is 107 Å². The summed E-state index contributed by atoms with van der Waals surface area (Å²) in [5.74, 6) is -4.90. The van der Waals surface area contributed by atoms with Gasteiger partial charge in [-0.3, -0.25) is 14.9 Å². The van der Waals surface area contributed by atoms with Gasteiger partial charge in [0.05, 0.1) is 6.04 Å². The number of rotatable bonds is 3. The smallest absolute Gasteiger partial charge is 0.243 e. The third kappa shape index (κ3) is 3.11. The lowest BCUT2D eigenvalue weighted by Crippen LogP contribution is -2.50. The van der Waals surface area contributed by atoms with E-state index in [1.807, 2.05) is 0 Å². The lowest BCUT2D eigenvalue weighted by molar-refractivity contribution is -0.134. The summed E-state index contributed by atoms with van der Waals surface area (Å²) < 4.78 is 38.7. The first-order valence-corrected chi connectivity index (χ1v) is 5.68. The molecule has 2 rings (SSSR count). The van der Waals surface area contributed by atoms with Crippen molar-refractivity contribution >= 4 is 11.8 Å². The monoisotopic (exact) mass is 272 g/mol. The highest BCUT2D eigenvalue weighted by Gasteiger charge is 2.25. The molecule has 1 fully saturated rings. The van der Waals surface area contributed by atoms with Crippen LogP contribution >= 0.6 is 0 Å². The third-order valence-corrected chi connectivity index (χ3v) is 2.84. The number of halogens is 3. The molecule has 2 amide bonds. The summed E-state index contributed by atoms with van der Waals surface area (Å²) in [5, 5.41) is 4.91. The van der Waals surface area contributed by atoms with E-state index in [0.717, 1.165) is 12.1 Å². The molecule has 0 bridgehead atoms. The van der Waals surface area contributed by atoms with Crippen molar-refractivity contribution in [1.29, 1.82) is 0 Å². The molecule has 1 heterocycles. The van der Waals surface area contributed by atoms with E-state index in [4.69, 9.17) is 0 Å². The minimum absolute atomic E-state index is 0.000394. The van der Waals surface area contributed by atoms with Gasteiger partial charge in [0.25, 0.3) is 0 Å². The van der Waals surface area contributed by atoms with Crippen LogP contribution in [-0.4, -0.2) is 17.9 Å². The SMILES string of the molecule is O=C1CCC(NCc2cc(F)c(F)c(F)c2)C(=O)N1. The van der Waals surface area contributed by atoms with Crippen LogP contribution in [0, 0.1) is 17.5 Å². The van der Waals surface area contributed by atoms with Crippen LogP contribution in [-0.2, 0) is 16.1 Å². The van der Waals surface area contributed by atoms with Crippen molar-refractivity contribution in [2.24, 2.45) is 0 Å². The minimum atomic E-state index is -1.52. The predicted octanol–water partition coefficient (Wildman–Crippen LogP) is 0.999. The van der Waals surface area contributed by atoms with E-state index in [0.29, 0.717) is 6.42 Å². The molecule has 1 unspecified atom stereocenters. The van der Waals surface area contributed by atoms with Crippen molar-refractivity contribution in [2.75, 3.05) is 0 Å². The van der Waals surface area contributed by atoms with Gasteiger partial charge < -0.3 is 5.32 Å². The molecule has 1 aromatic carbocycles. The van der Waals surface area contributed by atoms with Gasteiger partial charge >= 0.3 is 0 Å². The number of nitrogens with one attached hydrogen (secondary N) is 2. The van der Waals surface area contributed by atoms with Gasteiger partial charge in [0.15, 0.2) is 17.5 Å². The predicted molar refractivity (Wildman–Crippen MR) is 59.3 cm³/mol. The Morgan fingerprint density at radius 3 is 2.42 bits per heavy atom. The molecule has 0 aromatic heterocycles. The molecule has 102 valence electrons. The zero-order valence-corrected chi connectivity index (χ0v) is 9.80. The van der Waals surface area contributed by atoms with E-state index in [9.17, 15) is 22.8 Å². The van der Waals surface area contributed by atoms with Crippen LogP contribution in [0.3, 0.4) is 0 Å². The van der Waals surface area contributed by atoms with Gasteiger partial charge in [-0.2, -0.15) is 0 Å². The van der Waals surface area contributed by atoms with E-state index in [-0.39, 0.29) is 24.4 Å². The van der Waals surface area contributed by atoms with Crippen LogP contribution in [0.2, 0.25) is 0 Å². The largest absolute Gasteiger partial charge is 0.302 e. The van der Waals surface area contributed by atoms with Crippen LogP contribution in [0.1, 0.15) is 18.4 Å². The van der Waals surface area contributed by atoms with Gasteiger partial charge in [0, 0.05) is 13.0 Å². The molecular weight excluding hydrogens is 261 g/mol. The van der Waals surface area contributed by atoms with Crippen LogP contribution in [0.5, 0.6) is 0 Å². The van der Waals surface area contributed by atoms with Crippen molar-refractivity contribution < 1.29 is 22.8 Å². The van der Waals surface area contributed by atoms with E-state index in [1.165, 1.54) is 0 Å². The normalized spacial score (nSPS) is 19.4. The molecule has 19 heavy (non-hydrogen) atoms. The van der Waals surface area contributed by atoms with Crippen LogP contribution in [0.15, 0.2) is 12.1 Å². The summed E-state index contributed by atoms with van der Waals surface area (Å²) in [6.07, 6.45) is 0.520. The molecule has 0 spiro atoms. The Morgan fingerprint density at radius 2 is 1.84 bits per heavy atom. The van der Waals surface area contributed by atoms with Crippen molar-refractivity contribution in [3.05, 3.63) is 35.1 Å². The maximum atomic E-state index is 13.0. The number of imide groups is 1. The molecule has 4 nitrogen and oxygen atoms in total. The Hall–Kier alpha value is -1.89. The molecule has 1 aliphatic heterocycles. The van der Waals surface area contributed by atoms with Crippen molar-refractivity contribution in [3.8, 4) is 0 Å². The molecule has 1 saturated heterocycles. The number of amides is 2. The van der Waals surface area contributed by atoms with E-state index in [2.05, 4.69) is 10.6 Å². The number of hydrogen-bond acceptors (Lipinski definition) is 3. The molecule has 0 aliphatic carbocycles. The Balaban J connectivity index is 1.99. The third-order valence-electron chi connectivity index (χ3n) is 2.84. The van der Waals surface area contributed by atoms with Gasteiger partial charge in [-0.1, -0.05) is 0 Å². The van der Waals surface area contributed by atoms with E-state index < -0.39 is 29.4 Å². The molecule has 0 radical (unpaired) electrons. The lowest BCUT2D eigenvalue weighted by Gasteiger charge is -2.21. The molecular formula is C12H11F3N2O2. The molecule has 0 saturated carbocycles. The summed E-state index contributed by atoms with van der Waals surface area (Å²) in [5.41, 5.74) is 0.182. The van der Waals surface area contributed by atoms with Gasteiger partial charge in [-0.15, -0.1) is 0 Å². The fourth-order valence-electron chi connectivity index (χ4n) is 1.84. The first-order valence-electron chi connectivity index (χ1n) is 5.68. The summed E-state index contributed by atoms with van der Waals surface area (Å²) in [7, 11) is 0. The van der Waals surface area contributed by atoms with E-state index >= 15 is 0 Å². The van der Waals surface area contributed by atoms with Crippen LogP contribution in [0.25, 0.3) is 0 Å². The van der Waals surface area contributed by atoms with Gasteiger partial charge in [0.1, 0.15) is 0 Å². The fourth-order valence-corrected chi connectivity index (χ4v) is 1.84. The topological polar surface area (TPSA) is 58.2 Å². The second-order valence-corrected chi connectivity index (χ2v) is 4.26. The van der Waals surface area contributed by atoms with Crippen molar-refractivity contribution in [3.63, 3.8) is 0 Å². The average molecular weight is 272 g/mol. The zero-order valence-electron chi connectivity index (χ0n) is 9.80. The Morgan fingerprint density at radius 1 is 1.21 bits per heavy atom. The number of piperidine rings is 1. The summed E-state index contributed by atoms with van der Waals surface area (Å²) in [6, 6.07) is 1.11. The highest BCUT2D eigenvalue weighted by molar-refractivity contribution is 6.00. The van der Waals surface area contributed by atoms with E-state index in [1.54, 1.807) is 0 Å². The molecule has 2 N–H and O–H groups in total. The van der Waals surface area contributed by atoms with Gasteiger partial charge in [-0.25, -0.2) is 13.2 Å². The first-order chi connectivity index (χ1) is 8.97. The fraction of sp³-hybridized carbons (Fsp3) is 0.333. The van der Waals surface area contributed by atoms with Crippen molar-refractivity contribution in [1.82, 2.24) is 10.6 Å². The molecule has 1 atom stereocenters. The number of carbonyl (C=O) groups is 2.